The van der Waals surface area contributed by atoms with Crippen molar-refractivity contribution < 1.29 is 5.11 Å². The summed E-state index contributed by atoms with van der Waals surface area (Å²) in [5.74, 6) is 0.899. The van der Waals surface area contributed by atoms with Gasteiger partial charge >= 0.3 is 0 Å². The highest BCUT2D eigenvalue weighted by Crippen LogP contribution is 2.24. The monoisotopic (exact) mass is 246 g/mol. The van der Waals surface area contributed by atoms with E-state index in [4.69, 9.17) is 10.8 Å². The molecule has 0 unspecified atom stereocenters. The molecule has 0 saturated carbocycles. The molecule has 0 fully saturated rings. The summed E-state index contributed by atoms with van der Waals surface area (Å²) in [6.07, 6.45) is 2.28. The number of fused-ring (bicyclic) bond motifs is 1. The molecule has 5 nitrogen and oxygen atoms in total. The van der Waals surface area contributed by atoms with Crippen molar-refractivity contribution >= 4 is 22.4 Å². The Kier molecular flexibility index (Phi) is 3.94. The predicted molar refractivity (Wildman–Crippen MR) is 73.5 cm³/mol. The van der Waals surface area contributed by atoms with Gasteiger partial charge < -0.3 is 15.7 Å². The molecule has 1 aromatic carbocycles. The molecule has 2 rings (SSSR count). The Bertz CT molecular complexity index is 529. The van der Waals surface area contributed by atoms with Gasteiger partial charge in [-0.2, -0.15) is 0 Å². The summed E-state index contributed by atoms with van der Waals surface area (Å²) in [5, 5.41) is 9.92. The second-order valence-corrected chi connectivity index (χ2v) is 4.13. The van der Waals surface area contributed by atoms with Gasteiger partial charge in [0.25, 0.3) is 0 Å². The van der Waals surface area contributed by atoms with Crippen molar-refractivity contribution in [3.63, 3.8) is 0 Å². The van der Waals surface area contributed by atoms with Crippen LogP contribution >= 0.6 is 0 Å². The lowest BCUT2D eigenvalue weighted by molar-refractivity contribution is 0.289. The lowest BCUT2D eigenvalue weighted by atomic mass is 10.2. The van der Waals surface area contributed by atoms with Gasteiger partial charge in [0.2, 0.25) is 0 Å². The van der Waals surface area contributed by atoms with Crippen LogP contribution in [-0.4, -0.2) is 34.8 Å². The molecule has 0 aliphatic rings. The van der Waals surface area contributed by atoms with Gasteiger partial charge in [-0.3, -0.25) is 0 Å². The van der Waals surface area contributed by atoms with Crippen molar-refractivity contribution in [1.82, 2.24) is 9.97 Å². The van der Waals surface area contributed by atoms with Crippen LogP contribution in [0.15, 0.2) is 24.5 Å². The maximum atomic E-state index is 8.93. The lowest BCUT2D eigenvalue weighted by Gasteiger charge is -2.22. The quantitative estimate of drug-likeness (QED) is 0.780. The zero-order valence-corrected chi connectivity index (χ0v) is 10.5. The largest absolute Gasteiger partial charge is 0.399 e. The first-order valence-electron chi connectivity index (χ1n) is 6.12. The number of nitrogens with two attached hydrogens (primary N) is 1. The second kappa shape index (κ2) is 5.64. The summed E-state index contributed by atoms with van der Waals surface area (Å²) in [6, 6.07) is 5.65. The number of hydrogen-bond acceptors (Lipinski definition) is 5. The third kappa shape index (κ3) is 2.51. The smallest absolute Gasteiger partial charge is 0.139 e. The van der Waals surface area contributed by atoms with Gasteiger partial charge in [0.15, 0.2) is 0 Å². The number of nitrogen functional groups attached to an aromatic ring is 1. The van der Waals surface area contributed by atoms with Crippen LogP contribution in [-0.2, 0) is 0 Å². The molecule has 0 spiro atoms. The minimum atomic E-state index is 0.187. The highest BCUT2D eigenvalue weighted by atomic mass is 16.3. The third-order valence-electron chi connectivity index (χ3n) is 2.91. The van der Waals surface area contributed by atoms with Crippen molar-refractivity contribution in [2.45, 2.75) is 13.3 Å². The van der Waals surface area contributed by atoms with Gasteiger partial charge in [-0.05, 0) is 31.5 Å². The van der Waals surface area contributed by atoms with Gasteiger partial charge in [-0.1, -0.05) is 0 Å². The van der Waals surface area contributed by atoms with Crippen LogP contribution < -0.4 is 10.6 Å². The Balaban J connectivity index is 2.42. The van der Waals surface area contributed by atoms with Gasteiger partial charge in [0.05, 0.1) is 5.52 Å². The second-order valence-electron chi connectivity index (χ2n) is 4.13. The molecule has 0 amide bonds. The van der Waals surface area contributed by atoms with E-state index in [1.807, 2.05) is 18.2 Å². The van der Waals surface area contributed by atoms with Gasteiger partial charge in [0, 0.05) is 30.8 Å². The molecule has 18 heavy (non-hydrogen) atoms. The molecule has 0 saturated heterocycles. The first-order chi connectivity index (χ1) is 8.76. The number of hydrogen-bond donors (Lipinski definition) is 2. The minimum absolute atomic E-state index is 0.187. The van der Waals surface area contributed by atoms with E-state index in [-0.39, 0.29) is 6.61 Å². The molecule has 0 bridgehead atoms. The fourth-order valence-electron chi connectivity index (χ4n) is 1.99. The number of rotatable bonds is 5. The molecule has 2 aromatic rings. The molecule has 1 aromatic heterocycles. The molecular weight excluding hydrogens is 228 g/mol. The average Bonchev–Trinajstić information content (AvgIpc) is 2.39. The number of nitrogens with zero attached hydrogens (tertiary/aromatic N) is 3. The van der Waals surface area contributed by atoms with Gasteiger partial charge in [-0.15, -0.1) is 0 Å². The Labute approximate surface area is 106 Å². The number of aliphatic hydroxyl groups excluding tert-OH is 1. The van der Waals surface area contributed by atoms with Crippen molar-refractivity contribution in [2.24, 2.45) is 0 Å². The Morgan fingerprint density at radius 1 is 1.33 bits per heavy atom. The number of aromatic nitrogens is 2. The van der Waals surface area contributed by atoms with E-state index in [1.54, 1.807) is 6.33 Å². The minimum Gasteiger partial charge on any atom is -0.399 e. The summed E-state index contributed by atoms with van der Waals surface area (Å²) < 4.78 is 0. The third-order valence-corrected chi connectivity index (χ3v) is 2.91. The molecule has 0 atom stereocenters. The standard InChI is InChI=1S/C13H18N4O/c1-2-17(6-3-7-18)13-11-5-4-10(14)8-12(11)15-9-16-13/h4-5,8-9,18H,2-3,6-7,14H2,1H3. The predicted octanol–water partition coefficient (Wildman–Crippen LogP) is 1.42. The normalized spacial score (nSPS) is 10.8. The summed E-state index contributed by atoms with van der Waals surface area (Å²) in [4.78, 5) is 10.7. The highest BCUT2D eigenvalue weighted by Gasteiger charge is 2.10. The fraction of sp³-hybridized carbons (Fsp3) is 0.385. The Morgan fingerprint density at radius 2 is 2.17 bits per heavy atom. The van der Waals surface area contributed by atoms with Crippen LogP contribution in [0.2, 0.25) is 0 Å². The fourth-order valence-corrected chi connectivity index (χ4v) is 1.99. The van der Waals surface area contributed by atoms with Gasteiger partial charge in [0.1, 0.15) is 12.1 Å². The molecule has 5 heteroatoms. The van der Waals surface area contributed by atoms with E-state index in [1.165, 1.54) is 0 Å². The number of benzene rings is 1. The number of aliphatic hydroxyl groups is 1. The van der Waals surface area contributed by atoms with Crippen molar-refractivity contribution in [1.29, 1.82) is 0 Å². The summed E-state index contributed by atoms with van der Waals surface area (Å²) in [5.41, 5.74) is 7.30. The molecule has 0 radical (unpaired) electrons. The zero-order chi connectivity index (χ0) is 13.0. The molecule has 0 aliphatic carbocycles. The van der Waals surface area contributed by atoms with Crippen LogP contribution in [0, 0.1) is 0 Å². The van der Waals surface area contributed by atoms with E-state index in [0.717, 1.165) is 36.2 Å². The van der Waals surface area contributed by atoms with E-state index >= 15 is 0 Å². The Morgan fingerprint density at radius 3 is 2.89 bits per heavy atom. The van der Waals surface area contributed by atoms with Crippen LogP contribution in [0.4, 0.5) is 11.5 Å². The van der Waals surface area contributed by atoms with Crippen LogP contribution in [0.3, 0.4) is 0 Å². The van der Waals surface area contributed by atoms with Crippen molar-refractivity contribution in [3.8, 4) is 0 Å². The summed E-state index contributed by atoms with van der Waals surface area (Å²) >= 11 is 0. The molecule has 1 heterocycles. The lowest BCUT2D eigenvalue weighted by Crippen LogP contribution is -2.25. The molecule has 0 aliphatic heterocycles. The van der Waals surface area contributed by atoms with E-state index < -0.39 is 0 Å². The van der Waals surface area contributed by atoms with E-state index in [2.05, 4.69) is 21.8 Å². The van der Waals surface area contributed by atoms with Crippen LogP contribution in [0.5, 0.6) is 0 Å². The van der Waals surface area contributed by atoms with Crippen LogP contribution in [0.25, 0.3) is 10.9 Å². The van der Waals surface area contributed by atoms with Crippen molar-refractivity contribution in [2.75, 3.05) is 30.3 Å². The topological polar surface area (TPSA) is 75.3 Å². The Hall–Kier alpha value is -1.88. The van der Waals surface area contributed by atoms with Crippen molar-refractivity contribution in [3.05, 3.63) is 24.5 Å². The molecule has 96 valence electrons. The van der Waals surface area contributed by atoms with E-state index in [9.17, 15) is 0 Å². The van der Waals surface area contributed by atoms with E-state index in [0.29, 0.717) is 5.69 Å². The average molecular weight is 246 g/mol. The molecular formula is C13H18N4O. The SMILES string of the molecule is CCN(CCCO)c1ncnc2cc(N)ccc12. The summed E-state index contributed by atoms with van der Waals surface area (Å²) in [7, 11) is 0. The maximum absolute atomic E-state index is 8.93. The highest BCUT2D eigenvalue weighted by molar-refractivity contribution is 5.91. The maximum Gasteiger partial charge on any atom is 0.139 e. The van der Waals surface area contributed by atoms with Gasteiger partial charge in [-0.25, -0.2) is 9.97 Å². The van der Waals surface area contributed by atoms with Crippen LogP contribution in [0.1, 0.15) is 13.3 Å². The molecule has 3 N–H and O–H groups in total. The first-order valence-corrected chi connectivity index (χ1v) is 6.12. The first kappa shape index (κ1) is 12.6. The zero-order valence-electron chi connectivity index (χ0n) is 10.5. The summed E-state index contributed by atoms with van der Waals surface area (Å²) in [6.45, 7) is 3.88. The number of anilines is 2.